The van der Waals surface area contributed by atoms with Crippen LogP contribution >= 0.6 is 11.6 Å². The van der Waals surface area contributed by atoms with Gasteiger partial charge in [-0.1, -0.05) is 16.8 Å². The topological polar surface area (TPSA) is 130 Å². The second-order valence-electron chi connectivity index (χ2n) is 6.21. The molecule has 1 atom stereocenters. The summed E-state index contributed by atoms with van der Waals surface area (Å²) >= 11 is 5.93. The van der Waals surface area contributed by atoms with Crippen LogP contribution in [0, 0.1) is 17.1 Å². The summed E-state index contributed by atoms with van der Waals surface area (Å²) in [6.45, 7) is 1.95. The van der Waals surface area contributed by atoms with Gasteiger partial charge in [0.25, 0.3) is 0 Å². The molecule has 1 unspecified atom stereocenters. The number of carbonyl (C=O) groups is 1. The van der Waals surface area contributed by atoms with Crippen molar-refractivity contribution in [1.29, 1.82) is 5.26 Å². The van der Waals surface area contributed by atoms with E-state index < -0.39 is 11.7 Å². The highest BCUT2D eigenvalue weighted by Gasteiger charge is 2.18. The van der Waals surface area contributed by atoms with Gasteiger partial charge >= 0.3 is 11.8 Å². The van der Waals surface area contributed by atoms with Crippen LogP contribution < -0.4 is 5.32 Å². The lowest BCUT2D eigenvalue weighted by molar-refractivity contribution is 0.0891. The number of carbonyl (C=O) groups excluding carboxylic acids is 1. The molecule has 3 aromatic rings. The first kappa shape index (κ1) is 20.4. The average molecular weight is 419 g/mol. The number of hydrogen-bond acceptors (Lipinski definition) is 7. The molecule has 0 saturated heterocycles. The van der Waals surface area contributed by atoms with Crippen LogP contribution in [0.15, 0.2) is 28.9 Å². The van der Waals surface area contributed by atoms with E-state index in [-0.39, 0.29) is 41.4 Å². The first-order chi connectivity index (χ1) is 13.9. The molecular formula is C18H16ClFN6O3. The van der Waals surface area contributed by atoms with Crippen LogP contribution in [-0.4, -0.2) is 43.6 Å². The molecule has 0 aliphatic rings. The monoisotopic (exact) mass is 418 g/mol. The van der Waals surface area contributed by atoms with E-state index in [2.05, 4.69) is 20.6 Å². The van der Waals surface area contributed by atoms with Crippen LogP contribution in [0.25, 0.3) is 11.3 Å². The third-order valence-electron chi connectivity index (χ3n) is 3.93. The molecule has 2 heterocycles. The van der Waals surface area contributed by atoms with Gasteiger partial charge in [-0.2, -0.15) is 15.3 Å². The first-order valence-electron chi connectivity index (χ1n) is 8.58. The van der Waals surface area contributed by atoms with Crippen molar-refractivity contribution in [3.8, 4) is 17.3 Å². The van der Waals surface area contributed by atoms with Crippen molar-refractivity contribution in [2.75, 3.05) is 6.61 Å². The maximum Gasteiger partial charge on any atom is 0.315 e. The molecule has 11 heteroatoms. The predicted octanol–water partition coefficient (Wildman–Crippen LogP) is 1.95. The quantitative estimate of drug-likeness (QED) is 0.599. The molecule has 9 nitrogen and oxygen atoms in total. The van der Waals surface area contributed by atoms with Crippen LogP contribution in [0.1, 0.15) is 29.0 Å². The second-order valence-corrected chi connectivity index (χ2v) is 6.62. The van der Waals surface area contributed by atoms with Gasteiger partial charge in [0.1, 0.15) is 17.4 Å². The molecule has 0 saturated carbocycles. The third kappa shape index (κ3) is 4.77. The van der Waals surface area contributed by atoms with Crippen molar-refractivity contribution >= 4 is 17.5 Å². The lowest BCUT2D eigenvalue weighted by Gasteiger charge is -2.12. The molecule has 1 amide bonds. The molecular weight excluding hydrogens is 403 g/mol. The van der Waals surface area contributed by atoms with Crippen LogP contribution in [0.2, 0.25) is 5.02 Å². The number of nitrogens with one attached hydrogen (secondary N) is 1. The van der Waals surface area contributed by atoms with Gasteiger partial charge in [-0.15, -0.1) is 0 Å². The standard InChI is InChI=1S/C18H16ClFN6O3/c1-10(22-17(28)18-23-16(3-5-27)25-29-18)9-26-4-2-15(24-26)11-6-13(19)12(8-21)14(20)7-11/h2,4,6-7,10,27H,3,5,9H2,1H3,(H,22,28). The van der Waals surface area contributed by atoms with Gasteiger partial charge in [-0.05, 0) is 25.1 Å². The van der Waals surface area contributed by atoms with Crippen molar-refractivity contribution < 1.29 is 18.8 Å². The molecule has 0 radical (unpaired) electrons. The number of aliphatic hydroxyl groups excluding tert-OH is 1. The fourth-order valence-corrected chi connectivity index (χ4v) is 2.85. The minimum Gasteiger partial charge on any atom is -0.396 e. The smallest absolute Gasteiger partial charge is 0.315 e. The number of rotatable bonds is 7. The predicted molar refractivity (Wildman–Crippen MR) is 99.4 cm³/mol. The Bertz CT molecular complexity index is 1050. The van der Waals surface area contributed by atoms with E-state index in [1.54, 1.807) is 29.9 Å². The zero-order chi connectivity index (χ0) is 21.0. The number of nitrogens with zero attached hydrogens (tertiary/aromatic N) is 5. The molecule has 150 valence electrons. The Kier molecular flexibility index (Phi) is 6.21. The number of aliphatic hydroxyl groups is 1. The number of nitriles is 1. The molecule has 2 N–H and O–H groups in total. The third-order valence-corrected chi connectivity index (χ3v) is 4.22. The van der Waals surface area contributed by atoms with Crippen molar-refractivity contribution in [2.24, 2.45) is 0 Å². The summed E-state index contributed by atoms with van der Waals surface area (Å²) < 4.78 is 20.4. The molecule has 3 rings (SSSR count). The van der Waals surface area contributed by atoms with Gasteiger partial charge < -0.3 is 14.9 Å². The average Bonchev–Trinajstić information content (AvgIpc) is 3.31. The van der Waals surface area contributed by atoms with Gasteiger partial charge in [-0.25, -0.2) is 4.39 Å². The van der Waals surface area contributed by atoms with Crippen LogP contribution in [0.5, 0.6) is 0 Å². The maximum absolute atomic E-state index is 13.9. The Morgan fingerprint density at radius 1 is 1.52 bits per heavy atom. The number of hydrogen-bond donors (Lipinski definition) is 2. The summed E-state index contributed by atoms with van der Waals surface area (Å²) in [5, 5.41) is 28.4. The number of aromatic nitrogens is 4. The second kappa shape index (κ2) is 8.81. The van der Waals surface area contributed by atoms with Gasteiger partial charge in [0.2, 0.25) is 0 Å². The van der Waals surface area contributed by atoms with Crippen LogP contribution in [0.4, 0.5) is 4.39 Å². The Labute approximate surface area is 169 Å². The number of benzene rings is 1. The SMILES string of the molecule is CC(Cn1ccc(-c2cc(F)c(C#N)c(Cl)c2)n1)NC(=O)c1nc(CCO)no1. The minimum atomic E-state index is -0.717. The lowest BCUT2D eigenvalue weighted by Crippen LogP contribution is -2.36. The van der Waals surface area contributed by atoms with E-state index >= 15 is 0 Å². The van der Waals surface area contributed by atoms with E-state index in [9.17, 15) is 9.18 Å². The molecule has 0 aliphatic carbocycles. The highest BCUT2D eigenvalue weighted by atomic mass is 35.5. The van der Waals surface area contributed by atoms with Crippen LogP contribution in [-0.2, 0) is 13.0 Å². The summed E-state index contributed by atoms with van der Waals surface area (Å²) in [7, 11) is 0. The minimum absolute atomic E-state index is 0.0119. The first-order valence-corrected chi connectivity index (χ1v) is 8.96. The Morgan fingerprint density at radius 2 is 2.31 bits per heavy atom. The molecule has 0 fully saturated rings. The Morgan fingerprint density at radius 3 is 3.00 bits per heavy atom. The van der Waals surface area contributed by atoms with Gasteiger partial charge in [0.05, 0.1) is 23.9 Å². The van der Waals surface area contributed by atoms with Crippen molar-refractivity contribution in [3.05, 3.63) is 52.5 Å². The van der Waals surface area contributed by atoms with Crippen molar-refractivity contribution in [2.45, 2.75) is 25.9 Å². The van der Waals surface area contributed by atoms with E-state index in [0.717, 1.165) is 0 Å². The molecule has 0 aliphatic heterocycles. The Balaban J connectivity index is 1.65. The van der Waals surface area contributed by atoms with Gasteiger partial charge in [-0.3, -0.25) is 9.48 Å². The fraction of sp³-hybridized carbons (Fsp3) is 0.278. The molecule has 0 spiro atoms. The van der Waals surface area contributed by atoms with Crippen molar-refractivity contribution in [1.82, 2.24) is 25.2 Å². The largest absolute Gasteiger partial charge is 0.396 e. The molecule has 0 bridgehead atoms. The van der Waals surface area contributed by atoms with E-state index in [1.165, 1.54) is 12.1 Å². The highest BCUT2D eigenvalue weighted by Crippen LogP contribution is 2.26. The Hall–Kier alpha value is -3.29. The molecule has 2 aromatic heterocycles. The maximum atomic E-state index is 13.9. The number of amides is 1. The normalized spacial score (nSPS) is 11.8. The fourth-order valence-electron chi connectivity index (χ4n) is 2.60. The zero-order valence-corrected chi connectivity index (χ0v) is 16.0. The summed E-state index contributed by atoms with van der Waals surface area (Å²) in [5.41, 5.74) is 0.693. The van der Waals surface area contributed by atoms with E-state index in [0.29, 0.717) is 17.8 Å². The van der Waals surface area contributed by atoms with E-state index in [1.807, 2.05) is 0 Å². The van der Waals surface area contributed by atoms with E-state index in [4.69, 9.17) is 26.5 Å². The van der Waals surface area contributed by atoms with Gasteiger partial charge in [0.15, 0.2) is 5.82 Å². The summed E-state index contributed by atoms with van der Waals surface area (Å²) in [6.07, 6.45) is 1.87. The highest BCUT2D eigenvalue weighted by molar-refractivity contribution is 6.32. The van der Waals surface area contributed by atoms with Crippen LogP contribution in [0.3, 0.4) is 0 Å². The molecule has 29 heavy (non-hydrogen) atoms. The summed E-state index contributed by atoms with van der Waals surface area (Å²) in [6, 6.07) is 5.72. The summed E-state index contributed by atoms with van der Waals surface area (Å²) in [4.78, 5) is 16.0. The molecule has 1 aromatic carbocycles. The zero-order valence-electron chi connectivity index (χ0n) is 15.3. The summed E-state index contributed by atoms with van der Waals surface area (Å²) in [5.74, 6) is -1.20. The van der Waals surface area contributed by atoms with Gasteiger partial charge in [0, 0.05) is 24.2 Å². The lowest BCUT2D eigenvalue weighted by atomic mass is 10.1. The van der Waals surface area contributed by atoms with Crippen molar-refractivity contribution in [3.63, 3.8) is 0 Å². The number of halogens is 2.